The van der Waals surface area contributed by atoms with Gasteiger partial charge in [0.05, 0.1) is 0 Å². The van der Waals surface area contributed by atoms with Gasteiger partial charge >= 0.3 is 51.4 Å². The number of aryl methyl sites for hydroxylation is 3. The smallest absolute Gasteiger partial charge is 0.870 e. The number of halogens is 3. The van der Waals surface area contributed by atoms with Crippen molar-refractivity contribution in [3.8, 4) is 22.3 Å². The zero-order valence-electron chi connectivity index (χ0n) is 40.2. The SMILES string of the molecule is CC(C)(C)c1noc([C-]=O)n1.Cc1cc(-c2ccnc(NC(=O)C3CC3)c2)c(F)cc1CCC(=O)c1nc(C(C)(C)C)no1.Cc1cc(-c2ccnc(NC(=O)C3CC3)c2)c(F)cc1CN.Cl.[K+].[OH-]. The Bertz CT molecular complexity index is 2750. The van der Waals surface area contributed by atoms with Crippen LogP contribution in [-0.2, 0) is 38.2 Å². The van der Waals surface area contributed by atoms with Crippen LogP contribution in [0.5, 0.6) is 0 Å². The van der Waals surface area contributed by atoms with Crippen molar-refractivity contribution in [2.24, 2.45) is 17.6 Å². The summed E-state index contributed by atoms with van der Waals surface area (Å²) in [6.07, 6.45) is 8.80. The number of pyridine rings is 2. The summed E-state index contributed by atoms with van der Waals surface area (Å²) in [5.74, 6) is 0.856. The van der Waals surface area contributed by atoms with Crippen LogP contribution in [0.2, 0.25) is 0 Å². The van der Waals surface area contributed by atoms with Gasteiger partial charge in [-0.2, -0.15) is 11.3 Å². The Labute approximate surface area is 448 Å². The van der Waals surface area contributed by atoms with Crippen LogP contribution in [0.3, 0.4) is 0 Å². The number of rotatable bonds is 12. The minimum Gasteiger partial charge on any atom is -0.870 e. The molecule has 2 saturated carbocycles. The summed E-state index contributed by atoms with van der Waals surface area (Å²) < 4.78 is 38.9. The number of nitrogens with zero attached hydrogens (tertiary/aromatic N) is 6. The van der Waals surface area contributed by atoms with E-state index in [-0.39, 0.29) is 134 Å². The summed E-state index contributed by atoms with van der Waals surface area (Å²) >= 11 is 0. The van der Waals surface area contributed by atoms with Crippen LogP contribution in [0.1, 0.15) is 124 Å². The predicted molar refractivity (Wildman–Crippen MR) is 252 cm³/mol. The zero-order chi connectivity index (χ0) is 47.9. The van der Waals surface area contributed by atoms with E-state index >= 15 is 0 Å². The monoisotopic (exact) mass is 994 g/mol. The number of ketones is 1. The molecule has 20 heteroatoms. The molecule has 2 aliphatic carbocycles. The zero-order valence-corrected chi connectivity index (χ0v) is 44.1. The number of nitrogens with one attached hydrogen (secondary N) is 2. The molecule has 0 saturated heterocycles. The molecule has 0 aliphatic heterocycles. The van der Waals surface area contributed by atoms with E-state index in [9.17, 15) is 28.0 Å². The second kappa shape index (κ2) is 25.2. The number of nitrogens with two attached hydrogens (primary N) is 1. The predicted octanol–water partition coefficient (Wildman–Crippen LogP) is 6.12. The maximum atomic E-state index is 15.0. The summed E-state index contributed by atoms with van der Waals surface area (Å²) in [4.78, 5) is 62.6. The second-order valence-corrected chi connectivity index (χ2v) is 18.5. The molecule has 69 heavy (non-hydrogen) atoms. The number of Topliss-reactive ketones (excluding diaryl/α,β-unsaturated/α-hetero) is 1. The third-order valence-corrected chi connectivity index (χ3v) is 10.8. The van der Waals surface area contributed by atoms with E-state index in [4.69, 9.17) is 10.3 Å². The van der Waals surface area contributed by atoms with Crippen molar-refractivity contribution in [1.29, 1.82) is 0 Å². The molecule has 362 valence electrons. The number of hydrogen-bond acceptors (Lipinski definition) is 14. The standard InChI is InChI=1S/C25H27FN4O3.C17H18FN3O.C7H9N2O2.ClH.K.H2O/c1-14-11-18(17-9-10-27-21(13-17)28-22(32)15-5-6-15)19(26)12-16(14)7-8-20(31)23-29-24(30-33-23)25(2,3)4;1-10-6-14(15(18)7-13(10)9-19)12-4-5-20-16(8-12)21-17(22)11-2-3-11;1-7(2,3)6-8-5(4-10)11-9-6;;;/h9-13,15H,5-8H2,1-4H3,(H,27,28,32);4-8,11H,2-3,9,19H2,1H3,(H,20,21,22);1-3H3;1H;;1H2/q;;-1;;+1;/p-1. The van der Waals surface area contributed by atoms with Crippen LogP contribution >= 0.6 is 12.4 Å². The fourth-order valence-electron chi connectivity index (χ4n) is 6.42. The number of anilines is 2. The summed E-state index contributed by atoms with van der Waals surface area (Å²) in [6, 6.07) is 13.2. The van der Waals surface area contributed by atoms with Gasteiger partial charge in [0.1, 0.15) is 29.2 Å². The van der Waals surface area contributed by atoms with E-state index in [1.54, 1.807) is 48.8 Å². The molecule has 0 atom stereocenters. The molecule has 4 aromatic heterocycles. The number of benzene rings is 2. The molecule has 2 aromatic carbocycles. The molecule has 0 bridgehead atoms. The third-order valence-electron chi connectivity index (χ3n) is 10.8. The maximum Gasteiger partial charge on any atom is 1.00 e. The largest absolute Gasteiger partial charge is 1.00 e. The Morgan fingerprint density at radius 2 is 1.17 bits per heavy atom. The molecule has 5 N–H and O–H groups in total. The summed E-state index contributed by atoms with van der Waals surface area (Å²) in [6.45, 7) is 15.7. The van der Waals surface area contributed by atoms with Gasteiger partial charge in [-0.05, 0) is 128 Å². The first-order chi connectivity index (χ1) is 31.2. The number of aromatic nitrogens is 6. The fourth-order valence-corrected chi connectivity index (χ4v) is 6.42. The van der Waals surface area contributed by atoms with Gasteiger partial charge in [-0.3, -0.25) is 14.4 Å². The van der Waals surface area contributed by atoms with E-state index < -0.39 is 5.82 Å². The number of carbonyl (C=O) groups is 3. The van der Waals surface area contributed by atoms with Crippen LogP contribution in [0, 0.1) is 37.3 Å². The topological polar surface area (TPSA) is 252 Å². The third kappa shape index (κ3) is 16.3. The Kier molecular flexibility index (Phi) is 21.3. The molecular weight excluding hydrogens is 939 g/mol. The number of carbonyl (C=O) groups excluding carboxylic acids is 4. The number of amides is 2. The average molecular weight is 996 g/mol. The molecule has 8 rings (SSSR count). The summed E-state index contributed by atoms with van der Waals surface area (Å²) in [5, 5.41) is 13.1. The molecule has 6 aromatic rings. The average Bonchev–Trinajstić information content (AvgIpc) is 4.20. The molecule has 2 aliphatic rings. The van der Waals surface area contributed by atoms with Crippen molar-refractivity contribution >= 4 is 47.9 Å². The Hall–Kier alpha value is -4.99. The van der Waals surface area contributed by atoms with E-state index in [1.807, 2.05) is 55.4 Å². The van der Waals surface area contributed by atoms with Crippen molar-refractivity contribution in [1.82, 2.24) is 30.2 Å². The van der Waals surface area contributed by atoms with Gasteiger partial charge in [0, 0.05) is 59.2 Å². The molecule has 2 fully saturated rings. The number of hydrogen-bond donors (Lipinski definition) is 3. The van der Waals surface area contributed by atoms with Crippen molar-refractivity contribution in [3.05, 3.63) is 118 Å². The Morgan fingerprint density at radius 3 is 1.58 bits per heavy atom. The van der Waals surface area contributed by atoms with E-state index in [0.29, 0.717) is 58.5 Å². The van der Waals surface area contributed by atoms with E-state index in [0.717, 1.165) is 47.9 Å². The van der Waals surface area contributed by atoms with Crippen LogP contribution in [-0.4, -0.2) is 59.6 Å². The van der Waals surface area contributed by atoms with Crippen LogP contribution in [0.4, 0.5) is 20.4 Å². The quantitative estimate of drug-likeness (QED) is 0.0710. The van der Waals surface area contributed by atoms with Gasteiger partial charge in [0.2, 0.25) is 17.6 Å². The van der Waals surface area contributed by atoms with Crippen molar-refractivity contribution in [3.63, 3.8) is 0 Å². The van der Waals surface area contributed by atoms with Crippen molar-refractivity contribution in [2.45, 2.75) is 111 Å². The molecule has 2 amide bonds. The van der Waals surface area contributed by atoms with Crippen LogP contribution in [0.15, 0.2) is 70.0 Å². The maximum absolute atomic E-state index is 15.0. The molecule has 0 radical (unpaired) electrons. The van der Waals surface area contributed by atoms with Crippen molar-refractivity contribution < 1.29 is 93.9 Å². The van der Waals surface area contributed by atoms with Crippen molar-refractivity contribution in [2.75, 3.05) is 10.6 Å². The normalized spacial score (nSPS) is 12.9. The first kappa shape index (κ1) is 58.3. The van der Waals surface area contributed by atoms with E-state index in [1.165, 1.54) is 18.4 Å². The van der Waals surface area contributed by atoms with E-state index in [2.05, 4.69) is 45.4 Å². The van der Waals surface area contributed by atoms with Gasteiger partial charge < -0.3 is 35.7 Å². The Morgan fingerprint density at radius 1 is 0.725 bits per heavy atom. The minimum atomic E-state index is -0.401. The first-order valence-electron chi connectivity index (χ1n) is 21.7. The van der Waals surface area contributed by atoms with Gasteiger partial charge in [-0.25, -0.2) is 23.7 Å². The second-order valence-electron chi connectivity index (χ2n) is 18.5. The summed E-state index contributed by atoms with van der Waals surface area (Å²) in [5.41, 5.74) is 10.6. The minimum absolute atomic E-state index is 0. The first-order valence-corrected chi connectivity index (χ1v) is 21.7. The van der Waals surface area contributed by atoms with Gasteiger partial charge in [0.15, 0.2) is 11.6 Å². The van der Waals surface area contributed by atoms with Crippen LogP contribution in [0.25, 0.3) is 22.3 Å². The molecule has 0 spiro atoms. The molecule has 4 heterocycles. The van der Waals surface area contributed by atoms with Gasteiger partial charge in [0.25, 0.3) is 5.89 Å². The van der Waals surface area contributed by atoms with Gasteiger partial charge in [-0.1, -0.05) is 51.9 Å². The fraction of sp³-hybridized carbons (Fsp3) is 0.388. The summed E-state index contributed by atoms with van der Waals surface area (Å²) in [7, 11) is 0. The van der Waals surface area contributed by atoms with Gasteiger partial charge in [-0.15, -0.1) is 12.4 Å². The molecular formula is C49H56ClF2KN9O7-. The van der Waals surface area contributed by atoms with Crippen LogP contribution < -0.4 is 67.8 Å². The molecule has 16 nitrogen and oxygen atoms in total. The Balaban J connectivity index is 0.000000302. The molecule has 0 unspecified atom stereocenters.